The Morgan fingerprint density at radius 1 is 0.588 bits per heavy atom. The van der Waals surface area contributed by atoms with E-state index in [1.54, 1.807) is 68.9 Å². The van der Waals surface area contributed by atoms with E-state index in [1.165, 1.54) is 18.7 Å². The van der Waals surface area contributed by atoms with Crippen molar-refractivity contribution in [2.45, 2.75) is 94.9 Å². The summed E-state index contributed by atoms with van der Waals surface area (Å²) in [4.78, 5) is 102. The number of thioether (sulfide) groups is 1. The molecule has 6 amide bonds. The third kappa shape index (κ3) is 14.1. The largest absolute Gasteiger partial charge is 0.480 e. The van der Waals surface area contributed by atoms with E-state index in [0.29, 0.717) is 22.4 Å². The second-order valence-electron chi connectivity index (χ2n) is 16.9. The van der Waals surface area contributed by atoms with E-state index in [9.17, 15) is 48.9 Å². The van der Waals surface area contributed by atoms with Crippen LogP contribution in [-0.4, -0.2) is 134 Å². The van der Waals surface area contributed by atoms with Crippen LogP contribution in [0, 0.1) is 5.92 Å². The molecule has 0 bridgehead atoms. The van der Waals surface area contributed by atoms with E-state index in [2.05, 4.69) is 41.9 Å². The fourth-order valence-electron chi connectivity index (χ4n) is 7.62. The number of nitrogens with one attached hydrogen (secondary N) is 8. The fourth-order valence-corrected chi connectivity index (χ4v) is 8.09. The maximum absolute atomic E-state index is 14.5. The Morgan fingerprint density at radius 2 is 1.03 bits per heavy atom. The van der Waals surface area contributed by atoms with Gasteiger partial charge in [-0.3, -0.25) is 28.8 Å². The Labute approximate surface area is 397 Å². The van der Waals surface area contributed by atoms with Crippen LogP contribution < -0.4 is 37.6 Å². The first kappa shape index (κ1) is 52.2. The Bertz CT molecular complexity index is 2530. The van der Waals surface area contributed by atoms with Crippen molar-refractivity contribution in [3.05, 3.63) is 108 Å². The topological polar surface area (TPSA) is 310 Å². The summed E-state index contributed by atoms with van der Waals surface area (Å²) in [6.45, 7) is 3.84. The van der Waals surface area contributed by atoms with Crippen molar-refractivity contribution in [3.8, 4) is 0 Å². The molecule has 19 nitrogen and oxygen atoms in total. The van der Waals surface area contributed by atoms with Gasteiger partial charge in [0.1, 0.15) is 42.3 Å². The number of hydrogen-bond acceptors (Lipinski definition) is 11. The third-order valence-electron chi connectivity index (χ3n) is 11.4. The SMILES string of the molecule is CSCC[C@H](NC(=O)[C@@H](NC(=O)[C@H](Cc1c[nH]c2ccccc12)NC(=O)[C@@H](N)CO)[C@@H](C)O)C(=O)N[C@@H](Cc1ccccc1)C(=O)N[C@@H](Cc1c[nH]c2ccccc12)C(=O)N[C@H](C(=O)O)C(C)C. The van der Waals surface area contributed by atoms with Crippen LogP contribution in [0.25, 0.3) is 21.8 Å². The highest BCUT2D eigenvalue weighted by Gasteiger charge is 2.36. The molecule has 0 aliphatic rings. The monoisotopic (exact) mass is 955 g/mol. The van der Waals surface area contributed by atoms with Gasteiger partial charge < -0.3 is 62.9 Å². The molecule has 364 valence electrons. The first-order valence-corrected chi connectivity index (χ1v) is 23.6. The summed E-state index contributed by atoms with van der Waals surface area (Å²) < 4.78 is 0. The maximum Gasteiger partial charge on any atom is 0.326 e. The molecule has 13 N–H and O–H groups in total. The summed E-state index contributed by atoms with van der Waals surface area (Å²) in [7, 11) is 0. The van der Waals surface area contributed by atoms with Crippen LogP contribution in [0.4, 0.5) is 0 Å². The second kappa shape index (κ2) is 24.9. The molecule has 0 radical (unpaired) electrons. The zero-order chi connectivity index (χ0) is 49.5. The maximum atomic E-state index is 14.5. The van der Waals surface area contributed by atoms with Crippen molar-refractivity contribution in [2.75, 3.05) is 18.6 Å². The number of H-pyrrole nitrogens is 2. The number of aliphatic hydroxyl groups excluding tert-OH is 2. The summed E-state index contributed by atoms with van der Waals surface area (Å²) in [6, 6.07) is 13.9. The van der Waals surface area contributed by atoms with Crippen molar-refractivity contribution < 1.29 is 48.9 Å². The van der Waals surface area contributed by atoms with Crippen LogP contribution in [0.15, 0.2) is 91.3 Å². The van der Waals surface area contributed by atoms with Crippen molar-refractivity contribution in [1.29, 1.82) is 0 Å². The average molecular weight is 956 g/mol. The lowest BCUT2D eigenvalue weighted by atomic mass is 10.00. The predicted molar refractivity (Wildman–Crippen MR) is 258 cm³/mol. The highest BCUT2D eigenvalue weighted by molar-refractivity contribution is 7.98. The summed E-state index contributed by atoms with van der Waals surface area (Å²) >= 11 is 1.38. The summed E-state index contributed by atoms with van der Waals surface area (Å²) in [5, 5.41) is 47.6. The quantitative estimate of drug-likeness (QED) is 0.0387. The smallest absolute Gasteiger partial charge is 0.326 e. The fraction of sp³-hybridized carbons (Fsp3) is 0.396. The van der Waals surface area contributed by atoms with Gasteiger partial charge in [-0.05, 0) is 60.1 Å². The van der Waals surface area contributed by atoms with Gasteiger partial charge in [-0.2, -0.15) is 11.8 Å². The van der Waals surface area contributed by atoms with Gasteiger partial charge in [-0.15, -0.1) is 0 Å². The molecule has 0 fully saturated rings. The van der Waals surface area contributed by atoms with Crippen LogP contribution in [0.2, 0.25) is 0 Å². The van der Waals surface area contributed by atoms with Crippen molar-refractivity contribution in [2.24, 2.45) is 11.7 Å². The number of carbonyl (C=O) groups excluding carboxylic acids is 6. The number of hydrogen-bond donors (Lipinski definition) is 12. The number of para-hydroxylation sites is 2. The highest BCUT2D eigenvalue weighted by atomic mass is 32.2. The number of rotatable bonds is 25. The Morgan fingerprint density at radius 3 is 1.51 bits per heavy atom. The Hall–Kier alpha value is -6.74. The predicted octanol–water partition coefficient (Wildman–Crippen LogP) is 0.780. The standard InChI is InChI=1S/C48H61N9O10S/c1-26(2)40(48(66)67)56-45(63)39(22-30-24-51-35-17-11-9-15-32(30)35)55-44(62)37(20-28-12-6-5-7-13-28)54-43(61)36(18-19-68-4)52-47(65)41(27(3)59)57-46(64)38(53-42(60)33(49)25-58)21-29-23-50-34-16-10-8-14-31(29)34/h5-17,23-24,26-27,33,36-41,50-51,58-59H,18-22,25,49H2,1-4H3,(H,52,65)(H,53,60)(H,54,61)(H,55,62)(H,56,63)(H,57,64)(H,66,67)/t27-,33+,36+,37+,38+,39+,40+,41+/m1/s1. The number of benzene rings is 3. The first-order valence-electron chi connectivity index (χ1n) is 22.2. The normalized spacial score (nSPS) is 14.9. The number of aromatic amines is 2. The van der Waals surface area contributed by atoms with E-state index >= 15 is 0 Å². The Kier molecular flexibility index (Phi) is 19.1. The van der Waals surface area contributed by atoms with Gasteiger partial charge in [0.2, 0.25) is 35.4 Å². The average Bonchev–Trinajstić information content (AvgIpc) is 3.93. The van der Waals surface area contributed by atoms with Crippen molar-refractivity contribution >= 4 is 75.0 Å². The van der Waals surface area contributed by atoms with Gasteiger partial charge in [-0.1, -0.05) is 80.6 Å². The highest BCUT2D eigenvalue weighted by Crippen LogP contribution is 2.21. The van der Waals surface area contributed by atoms with E-state index in [1.807, 2.05) is 42.5 Å². The number of aromatic nitrogens is 2. The molecule has 2 aromatic heterocycles. The summed E-state index contributed by atoms with van der Waals surface area (Å²) in [5.41, 5.74) is 9.26. The number of carboxylic acid groups (broad SMARTS) is 1. The zero-order valence-corrected chi connectivity index (χ0v) is 39.1. The molecule has 68 heavy (non-hydrogen) atoms. The molecule has 0 unspecified atom stereocenters. The van der Waals surface area contributed by atoms with Crippen LogP contribution in [0.3, 0.4) is 0 Å². The number of carbonyl (C=O) groups is 7. The lowest BCUT2D eigenvalue weighted by Gasteiger charge is -2.28. The van der Waals surface area contributed by atoms with E-state index in [0.717, 1.165) is 21.8 Å². The minimum absolute atomic E-state index is 0.0442. The van der Waals surface area contributed by atoms with Crippen molar-refractivity contribution in [1.82, 2.24) is 41.9 Å². The molecular formula is C48H61N9O10S. The van der Waals surface area contributed by atoms with Crippen LogP contribution in [0.1, 0.15) is 43.9 Å². The molecule has 0 aliphatic heterocycles. The van der Waals surface area contributed by atoms with Gasteiger partial charge in [-0.25, -0.2) is 4.79 Å². The lowest BCUT2D eigenvalue weighted by molar-refractivity contribution is -0.143. The van der Waals surface area contributed by atoms with E-state index < -0.39 is 102 Å². The molecule has 5 aromatic rings. The minimum Gasteiger partial charge on any atom is -0.480 e. The minimum atomic E-state index is -1.64. The second-order valence-corrected chi connectivity index (χ2v) is 17.9. The molecule has 0 aliphatic carbocycles. The van der Waals surface area contributed by atoms with Gasteiger partial charge in [0, 0.05) is 53.5 Å². The Balaban J connectivity index is 1.39. The molecule has 20 heteroatoms. The molecule has 3 aromatic carbocycles. The molecule has 0 spiro atoms. The number of carboxylic acids is 1. The van der Waals surface area contributed by atoms with Crippen LogP contribution >= 0.6 is 11.8 Å². The zero-order valence-electron chi connectivity index (χ0n) is 38.3. The summed E-state index contributed by atoms with van der Waals surface area (Å²) in [6.07, 6.45) is 3.53. The number of nitrogens with two attached hydrogens (primary N) is 1. The molecule has 2 heterocycles. The third-order valence-corrected chi connectivity index (χ3v) is 12.1. The number of aliphatic carboxylic acids is 1. The van der Waals surface area contributed by atoms with E-state index in [4.69, 9.17) is 5.73 Å². The molecule has 5 rings (SSSR count). The molecular weight excluding hydrogens is 895 g/mol. The molecule has 8 atom stereocenters. The van der Waals surface area contributed by atoms with Gasteiger partial charge >= 0.3 is 5.97 Å². The number of aliphatic hydroxyl groups is 2. The van der Waals surface area contributed by atoms with E-state index in [-0.39, 0.29) is 25.7 Å². The van der Waals surface area contributed by atoms with Gasteiger partial charge in [0.15, 0.2) is 0 Å². The summed E-state index contributed by atoms with van der Waals surface area (Å²) in [5.74, 6) is -6.36. The number of amides is 6. The molecule has 0 saturated carbocycles. The van der Waals surface area contributed by atoms with Crippen LogP contribution in [0.5, 0.6) is 0 Å². The number of fused-ring (bicyclic) bond motifs is 2. The van der Waals surface area contributed by atoms with Crippen molar-refractivity contribution in [3.63, 3.8) is 0 Å². The van der Waals surface area contributed by atoms with Gasteiger partial charge in [0.25, 0.3) is 0 Å². The van der Waals surface area contributed by atoms with Crippen LogP contribution in [-0.2, 0) is 52.8 Å². The first-order chi connectivity index (χ1) is 32.5. The lowest BCUT2D eigenvalue weighted by Crippen LogP contribution is -2.62. The van der Waals surface area contributed by atoms with Gasteiger partial charge in [0.05, 0.1) is 12.7 Å². The molecule has 0 saturated heterocycles.